The van der Waals surface area contributed by atoms with E-state index in [1.54, 1.807) is 0 Å². The average molecular weight is 1050 g/mol. The molecule has 0 heterocycles. The van der Waals surface area contributed by atoms with Crippen molar-refractivity contribution < 1.29 is 0 Å². The summed E-state index contributed by atoms with van der Waals surface area (Å²) in [7, 11) is 0. The molecule has 390 valence electrons. The van der Waals surface area contributed by atoms with Crippen LogP contribution >= 0.6 is 0 Å². The molecule has 4 nitrogen and oxygen atoms in total. The SMILES string of the molecule is Nc1ccc(-c2ccc(N(c3ccccc3)c3ccccc3)cc2-c2cccc3ccccc23)cc1.c1ccc(N(c2ccc(-c3ccc(N(c4ccccc4)c4cccc5ccccc45)cc3)cc2)c2cccc3ccccc23)cc1. The highest BCUT2D eigenvalue weighted by molar-refractivity contribution is 6.03. The number of anilines is 10. The van der Waals surface area contributed by atoms with Gasteiger partial charge in [0.2, 0.25) is 0 Å². The van der Waals surface area contributed by atoms with Crippen molar-refractivity contribution in [1.82, 2.24) is 0 Å². The van der Waals surface area contributed by atoms with Gasteiger partial charge in [-0.05, 0) is 164 Å². The summed E-state index contributed by atoms with van der Waals surface area (Å²) in [4.78, 5) is 7.00. The molecular formula is C78H58N4. The largest absolute Gasteiger partial charge is 0.399 e. The summed E-state index contributed by atoms with van der Waals surface area (Å²) in [6.45, 7) is 0. The quantitative estimate of drug-likeness (QED) is 0.124. The lowest BCUT2D eigenvalue weighted by Gasteiger charge is -2.27. The molecule has 0 unspecified atom stereocenters. The van der Waals surface area contributed by atoms with E-state index >= 15 is 0 Å². The molecule has 0 atom stereocenters. The van der Waals surface area contributed by atoms with Crippen LogP contribution in [-0.2, 0) is 0 Å². The molecule has 0 amide bonds. The van der Waals surface area contributed by atoms with Crippen LogP contribution in [0.3, 0.4) is 0 Å². The van der Waals surface area contributed by atoms with Gasteiger partial charge in [-0.3, -0.25) is 0 Å². The van der Waals surface area contributed by atoms with Crippen LogP contribution in [0.15, 0.2) is 340 Å². The number of nitrogens with two attached hydrogens (primary N) is 1. The van der Waals surface area contributed by atoms with Crippen LogP contribution in [0.2, 0.25) is 0 Å². The molecule has 0 aromatic heterocycles. The van der Waals surface area contributed by atoms with Crippen molar-refractivity contribution >= 4 is 89.2 Å². The van der Waals surface area contributed by atoms with Gasteiger partial charge in [0.05, 0.1) is 11.4 Å². The lowest BCUT2D eigenvalue weighted by atomic mass is 9.90. The van der Waals surface area contributed by atoms with Gasteiger partial charge in [-0.2, -0.15) is 0 Å². The first-order chi connectivity index (χ1) is 40.6. The van der Waals surface area contributed by atoms with Crippen LogP contribution < -0.4 is 20.4 Å². The minimum Gasteiger partial charge on any atom is -0.399 e. The fraction of sp³-hybridized carbons (Fsp3) is 0. The highest BCUT2D eigenvalue weighted by Crippen LogP contribution is 2.44. The van der Waals surface area contributed by atoms with Gasteiger partial charge in [0.15, 0.2) is 0 Å². The van der Waals surface area contributed by atoms with Gasteiger partial charge < -0.3 is 20.4 Å². The number of rotatable bonds is 12. The highest BCUT2D eigenvalue weighted by atomic mass is 15.2. The van der Waals surface area contributed by atoms with Gasteiger partial charge in [0.25, 0.3) is 0 Å². The maximum atomic E-state index is 6.01. The van der Waals surface area contributed by atoms with Crippen molar-refractivity contribution in [1.29, 1.82) is 0 Å². The Kier molecular flexibility index (Phi) is 14.3. The van der Waals surface area contributed by atoms with E-state index in [0.717, 1.165) is 62.4 Å². The third-order valence-electron chi connectivity index (χ3n) is 15.2. The smallest absolute Gasteiger partial charge is 0.0540 e. The normalized spacial score (nSPS) is 11.0. The topological polar surface area (TPSA) is 35.7 Å². The van der Waals surface area contributed by atoms with Crippen LogP contribution in [0.1, 0.15) is 0 Å². The molecular weight excluding hydrogens is 993 g/mol. The Morgan fingerprint density at radius 3 is 0.976 bits per heavy atom. The van der Waals surface area contributed by atoms with Crippen LogP contribution in [0.25, 0.3) is 65.7 Å². The van der Waals surface area contributed by atoms with Gasteiger partial charge >= 0.3 is 0 Å². The molecule has 4 heteroatoms. The van der Waals surface area contributed by atoms with E-state index in [-0.39, 0.29) is 0 Å². The van der Waals surface area contributed by atoms with Crippen molar-refractivity contribution in [2.45, 2.75) is 0 Å². The predicted octanol–water partition coefficient (Wildman–Crippen LogP) is 21.8. The van der Waals surface area contributed by atoms with Crippen LogP contribution in [0.4, 0.5) is 56.9 Å². The maximum absolute atomic E-state index is 6.01. The van der Waals surface area contributed by atoms with E-state index < -0.39 is 0 Å². The molecule has 14 rings (SSSR count). The van der Waals surface area contributed by atoms with Crippen molar-refractivity contribution in [2.24, 2.45) is 0 Å². The lowest BCUT2D eigenvalue weighted by Crippen LogP contribution is -2.10. The van der Waals surface area contributed by atoms with Crippen LogP contribution in [0, 0.1) is 0 Å². The standard InChI is InChI=1S/C44H32N2.C34H26N2/c1-3-17-37(18-4-1)45(43-23-11-15-35-13-7-9-21-41(35)43)39-29-25-33(26-30-39)34-27-31-40(32-28-34)46(38-19-5-2-6-20-38)44-24-12-16-36-14-8-10-22-42(36)44;35-27-20-18-26(19-21-27)32-23-22-30(24-34(32)33-17-9-11-25-10-7-8-16-31(25)33)36(28-12-3-1-4-13-28)29-14-5-2-6-15-29/h1-32H;1-24H,35H2. The number of hydrogen-bond acceptors (Lipinski definition) is 4. The van der Waals surface area contributed by atoms with E-state index in [0.29, 0.717) is 0 Å². The van der Waals surface area contributed by atoms with Gasteiger partial charge in [0.1, 0.15) is 0 Å². The van der Waals surface area contributed by atoms with Crippen molar-refractivity contribution in [3.05, 3.63) is 340 Å². The summed E-state index contributed by atoms with van der Waals surface area (Å²) in [6, 6.07) is 120. The summed E-state index contributed by atoms with van der Waals surface area (Å²) >= 11 is 0. The molecule has 0 bridgehead atoms. The summed E-state index contributed by atoms with van der Waals surface area (Å²) in [6.07, 6.45) is 0. The minimum atomic E-state index is 0.765. The molecule has 0 radical (unpaired) electrons. The molecule has 14 aromatic rings. The van der Waals surface area contributed by atoms with Crippen LogP contribution in [0.5, 0.6) is 0 Å². The van der Waals surface area contributed by atoms with Crippen molar-refractivity contribution in [3.63, 3.8) is 0 Å². The first kappa shape index (κ1) is 50.6. The van der Waals surface area contributed by atoms with Gasteiger partial charge in [-0.15, -0.1) is 0 Å². The molecule has 0 aliphatic rings. The maximum Gasteiger partial charge on any atom is 0.0540 e. The minimum absolute atomic E-state index is 0.765. The zero-order valence-corrected chi connectivity index (χ0v) is 45.3. The number of para-hydroxylation sites is 4. The summed E-state index contributed by atoms with van der Waals surface area (Å²) in [5, 5.41) is 7.37. The molecule has 2 N–H and O–H groups in total. The van der Waals surface area contributed by atoms with E-state index in [4.69, 9.17) is 5.73 Å². The second-order valence-corrected chi connectivity index (χ2v) is 20.3. The second-order valence-electron chi connectivity index (χ2n) is 20.3. The third kappa shape index (κ3) is 10.4. The van der Waals surface area contributed by atoms with Crippen molar-refractivity contribution in [3.8, 4) is 33.4 Å². The Hall–Kier alpha value is -10.9. The Balaban J connectivity index is 0.000000159. The average Bonchev–Trinajstić information content (AvgIpc) is 3.74. The fourth-order valence-electron chi connectivity index (χ4n) is 11.3. The molecule has 0 aliphatic carbocycles. The predicted molar refractivity (Wildman–Crippen MR) is 350 cm³/mol. The number of nitrogen functional groups attached to an aromatic ring is 1. The molecule has 0 spiro atoms. The molecule has 0 saturated heterocycles. The zero-order valence-electron chi connectivity index (χ0n) is 45.3. The molecule has 0 fully saturated rings. The molecule has 0 saturated carbocycles. The van der Waals surface area contributed by atoms with Crippen LogP contribution in [-0.4, -0.2) is 0 Å². The second kappa shape index (κ2) is 23.2. The van der Waals surface area contributed by atoms with Crippen molar-refractivity contribution in [2.75, 3.05) is 20.4 Å². The Morgan fingerprint density at radius 1 is 0.195 bits per heavy atom. The first-order valence-corrected chi connectivity index (χ1v) is 27.9. The Bertz CT molecular complexity index is 4210. The van der Waals surface area contributed by atoms with Gasteiger partial charge in [-0.1, -0.05) is 231 Å². The van der Waals surface area contributed by atoms with E-state index in [2.05, 4.69) is 342 Å². The number of benzene rings is 14. The molecule has 0 aliphatic heterocycles. The lowest BCUT2D eigenvalue weighted by molar-refractivity contribution is 1.28. The molecule has 82 heavy (non-hydrogen) atoms. The Labute approximate surface area is 480 Å². The summed E-state index contributed by atoms with van der Waals surface area (Å²) in [5.74, 6) is 0. The number of nitrogens with zero attached hydrogens (tertiary/aromatic N) is 3. The Morgan fingerprint density at radius 2 is 0.524 bits per heavy atom. The number of fused-ring (bicyclic) bond motifs is 3. The summed E-state index contributed by atoms with van der Waals surface area (Å²) < 4.78 is 0. The molecule has 14 aromatic carbocycles. The zero-order chi connectivity index (χ0) is 55.0. The van der Waals surface area contributed by atoms with Gasteiger partial charge in [0, 0.05) is 56.3 Å². The summed E-state index contributed by atoms with van der Waals surface area (Å²) in [5.41, 5.74) is 24.0. The number of hydrogen-bond donors (Lipinski definition) is 1. The first-order valence-electron chi connectivity index (χ1n) is 27.9. The highest BCUT2D eigenvalue weighted by Gasteiger charge is 2.20. The monoisotopic (exact) mass is 1050 g/mol. The van der Waals surface area contributed by atoms with E-state index in [1.165, 1.54) is 60.1 Å². The van der Waals surface area contributed by atoms with E-state index in [1.807, 2.05) is 12.1 Å². The van der Waals surface area contributed by atoms with E-state index in [9.17, 15) is 0 Å². The fourth-order valence-corrected chi connectivity index (χ4v) is 11.3. The third-order valence-corrected chi connectivity index (χ3v) is 15.2. The van der Waals surface area contributed by atoms with Gasteiger partial charge in [-0.25, -0.2) is 0 Å².